The smallest absolute Gasteiger partial charge is 0.262 e. The highest BCUT2D eigenvalue weighted by Crippen LogP contribution is 2.35. The Morgan fingerprint density at radius 3 is 2.88 bits per heavy atom. The largest absolute Gasteiger partial charge is 0.325 e. The first-order valence-electron chi connectivity index (χ1n) is 8.87. The van der Waals surface area contributed by atoms with Gasteiger partial charge in [0, 0.05) is 10.6 Å². The van der Waals surface area contributed by atoms with Crippen LogP contribution < -0.4 is 10.9 Å². The van der Waals surface area contributed by atoms with Crippen molar-refractivity contribution in [1.29, 1.82) is 0 Å². The number of carbonyl (C=O) groups is 1. The molecule has 5 nitrogen and oxygen atoms in total. The van der Waals surface area contributed by atoms with Crippen LogP contribution in [-0.2, 0) is 24.2 Å². The predicted molar refractivity (Wildman–Crippen MR) is 105 cm³/mol. The maximum absolute atomic E-state index is 12.9. The Bertz CT molecular complexity index is 1030. The molecule has 0 aliphatic heterocycles. The minimum atomic E-state index is -0.227. The number of nitrogens with one attached hydrogen (secondary N) is 1. The molecule has 1 aromatic carbocycles. The average Bonchev–Trinajstić information content (AvgIpc) is 2.97. The molecule has 1 aliphatic rings. The number of aryl methyl sites for hydroxylation is 2. The van der Waals surface area contributed by atoms with Crippen LogP contribution in [0.25, 0.3) is 10.2 Å². The second-order valence-electron chi connectivity index (χ2n) is 7.12. The number of anilines is 1. The predicted octanol–water partition coefficient (Wildman–Crippen LogP) is 3.53. The molecule has 1 N–H and O–H groups in total. The van der Waals surface area contributed by atoms with E-state index >= 15 is 0 Å². The molecular formula is C20H21N3O2S. The van der Waals surface area contributed by atoms with Crippen LogP contribution >= 0.6 is 11.3 Å². The van der Waals surface area contributed by atoms with Crippen molar-refractivity contribution in [3.63, 3.8) is 0 Å². The van der Waals surface area contributed by atoms with E-state index in [2.05, 4.69) is 17.2 Å². The average molecular weight is 367 g/mol. The Hall–Kier alpha value is -2.47. The number of thiophene rings is 1. The number of benzene rings is 1. The van der Waals surface area contributed by atoms with Gasteiger partial charge in [0.25, 0.3) is 5.56 Å². The summed E-state index contributed by atoms with van der Waals surface area (Å²) in [6.07, 6.45) is 4.53. The summed E-state index contributed by atoms with van der Waals surface area (Å²) in [5.41, 5.74) is 2.89. The van der Waals surface area contributed by atoms with Crippen molar-refractivity contribution in [2.45, 2.75) is 39.7 Å². The highest BCUT2D eigenvalue weighted by Gasteiger charge is 2.23. The fourth-order valence-electron chi connectivity index (χ4n) is 3.47. The van der Waals surface area contributed by atoms with Crippen LogP contribution in [0.5, 0.6) is 0 Å². The molecule has 0 bridgehead atoms. The topological polar surface area (TPSA) is 64.0 Å². The summed E-state index contributed by atoms with van der Waals surface area (Å²) in [5, 5.41) is 3.54. The highest BCUT2D eigenvalue weighted by atomic mass is 32.1. The molecule has 1 atom stereocenters. The van der Waals surface area contributed by atoms with E-state index in [1.807, 2.05) is 31.2 Å². The number of hydrogen-bond donors (Lipinski definition) is 1. The lowest BCUT2D eigenvalue weighted by Gasteiger charge is -2.17. The minimum Gasteiger partial charge on any atom is -0.325 e. The van der Waals surface area contributed by atoms with Gasteiger partial charge in [0.05, 0.1) is 11.7 Å². The zero-order chi connectivity index (χ0) is 18.3. The van der Waals surface area contributed by atoms with Gasteiger partial charge in [-0.3, -0.25) is 14.2 Å². The summed E-state index contributed by atoms with van der Waals surface area (Å²) >= 11 is 1.62. The van der Waals surface area contributed by atoms with Crippen molar-refractivity contribution in [3.8, 4) is 0 Å². The first-order chi connectivity index (χ1) is 12.5. The SMILES string of the molecule is Cc1ccc(NC(=O)Cn2cnc3sc4c(c3c2=O)CCC(C)C4)cc1. The number of fused-ring (bicyclic) bond motifs is 3. The maximum atomic E-state index is 12.9. The summed E-state index contributed by atoms with van der Waals surface area (Å²) in [4.78, 5) is 31.8. The van der Waals surface area contributed by atoms with Crippen LogP contribution in [0, 0.1) is 12.8 Å². The van der Waals surface area contributed by atoms with Crippen molar-refractivity contribution >= 4 is 33.1 Å². The summed E-state index contributed by atoms with van der Waals surface area (Å²) in [5.74, 6) is 0.424. The van der Waals surface area contributed by atoms with Crippen LogP contribution in [0.3, 0.4) is 0 Å². The van der Waals surface area contributed by atoms with E-state index in [0.29, 0.717) is 11.3 Å². The molecule has 1 unspecified atom stereocenters. The summed E-state index contributed by atoms with van der Waals surface area (Å²) in [7, 11) is 0. The molecule has 1 amide bonds. The van der Waals surface area contributed by atoms with Gasteiger partial charge in [-0.15, -0.1) is 11.3 Å². The second-order valence-corrected chi connectivity index (χ2v) is 8.21. The van der Waals surface area contributed by atoms with Crippen molar-refractivity contribution in [1.82, 2.24) is 9.55 Å². The Balaban J connectivity index is 1.61. The molecule has 0 saturated heterocycles. The molecule has 26 heavy (non-hydrogen) atoms. The lowest BCUT2D eigenvalue weighted by molar-refractivity contribution is -0.116. The van der Waals surface area contributed by atoms with Crippen LogP contribution in [0.2, 0.25) is 0 Å². The summed E-state index contributed by atoms with van der Waals surface area (Å²) in [6, 6.07) is 7.59. The molecule has 134 valence electrons. The zero-order valence-electron chi connectivity index (χ0n) is 14.9. The maximum Gasteiger partial charge on any atom is 0.262 e. The van der Waals surface area contributed by atoms with Crippen molar-refractivity contribution in [3.05, 3.63) is 57.0 Å². The lowest BCUT2D eigenvalue weighted by atomic mass is 9.89. The quantitative estimate of drug-likeness (QED) is 0.770. The van der Waals surface area contributed by atoms with Crippen LogP contribution in [0.1, 0.15) is 29.3 Å². The number of rotatable bonds is 3. The molecule has 2 heterocycles. The molecule has 0 spiro atoms. The second kappa shape index (κ2) is 6.68. The Labute approximate surface area is 155 Å². The highest BCUT2D eigenvalue weighted by molar-refractivity contribution is 7.18. The third kappa shape index (κ3) is 3.17. The molecule has 2 aromatic heterocycles. The van der Waals surface area contributed by atoms with E-state index < -0.39 is 0 Å². The van der Waals surface area contributed by atoms with Crippen LogP contribution in [-0.4, -0.2) is 15.5 Å². The fraction of sp³-hybridized carbons (Fsp3) is 0.350. The Morgan fingerprint density at radius 1 is 1.35 bits per heavy atom. The first kappa shape index (κ1) is 17.0. The molecule has 4 rings (SSSR count). The number of carbonyl (C=O) groups excluding carboxylic acids is 1. The molecule has 3 aromatic rings. The third-order valence-corrected chi connectivity index (χ3v) is 6.09. The molecular weight excluding hydrogens is 346 g/mol. The minimum absolute atomic E-state index is 0.0311. The van der Waals surface area contributed by atoms with Crippen molar-refractivity contribution in [2.75, 3.05) is 5.32 Å². The van der Waals surface area contributed by atoms with Crippen molar-refractivity contribution < 1.29 is 4.79 Å². The molecule has 0 fully saturated rings. The van der Waals surface area contributed by atoms with Crippen molar-refractivity contribution in [2.24, 2.45) is 5.92 Å². The first-order valence-corrected chi connectivity index (χ1v) is 9.69. The Morgan fingerprint density at radius 2 is 2.12 bits per heavy atom. The number of nitrogens with zero attached hydrogens (tertiary/aromatic N) is 2. The number of hydrogen-bond acceptors (Lipinski definition) is 4. The zero-order valence-corrected chi connectivity index (χ0v) is 15.7. The number of amides is 1. The van der Waals surface area contributed by atoms with E-state index in [-0.39, 0.29) is 18.0 Å². The van der Waals surface area contributed by atoms with Gasteiger partial charge in [0.15, 0.2) is 0 Å². The van der Waals surface area contributed by atoms with Gasteiger partial charge in [-0.2, -0.15) is 0 Å². The lowest BCUT2D eigenvalue weighted by Crippen LogP contribution is -2.28. The van der Waals surface area contributed by atoms with Gasteiger partial charge in [-0.25, -0.2) is 4.98 Å². The van der Waals surface area contributed by atoms with Gasteiger partial charge >= 0.3 is 0 Å². The number of aromatic nitrogens is 2. The van der Waals surface area contributed by atoms with Gasteiger partial charge in [-0.1, -0.05) is 24.6 Å². The van der Waals surface area contributed by atoms with E-state index in [1.165, 1.54) is 15.8 Å². The Kier molecular flexibility index (Phi) is 4.36. The molecule has 1 aliphatic carbocycles. The van der Waals surface area contributed by atoms with Crippen LogP contribution in [0.4, 0.5) is 5.69 Å². The summed E-state index contributed by atoms with van der Waals surface area (Å²) < 4.78 is 1.41. The van der Waals surface area contributed by atoms with Gasteiger partial charge < -0.3 is 5.32 Å². The third-order valence-electron chi connectivity index (χ3n) is 4.93. The molecule has 0 radical (unpaired) electrons. The van der Waals surface area contributed by atoms with E-state index in [9.17, 15) is 9.59 Å². The van der Waals surface area contributed by atoms with Crippen LogP contribution in [0.15, 0.2) is 35.4 Å². The monoisotopic (exact) mass is 367 g/mol. The van der Waals surface area contributed by atoms with E-state index in [4.69, 9.17) is 0 Å². The van der Waals surface area contributed by atoms with E-state index in [0.717, 1.165) is 40.9 Å². The molecule has 6 heteroatoms. The van der Waals surface area contributed by atoms with E-state index in [1.54, 1.807) is 11.3 Å². The normalized spacial score (nSPS) is 16.5. The van der Waals surface area contributed by atoms with Gasteiger partial charge in [0.1, 0.15) is 11.4 Å². The van der Waals surface area contributed by atoms with Gasteiger partial charge in [-0.05, 0) is 49.8 Å². The molecule has 0 saturated carbocycles. The summed E-state index contributed by atoms with van der Waals surface area (Å²) in [6.45, 7) is 4.21. The standard InChI is InChI=1S/C20H21N3O2S/c1-12-3-6-14(7-4-12)22-17(24)10-23-11-21-19-18(20(23)25)15-8-5-13(2)9-16(15)26-19/h3-4,6-7,11,13H,5,8-10H2,1-2H3,(H,22,24). The fourth-order valence-corrected chi connectivity index (χ4v) is 4.81. The van der Waals surface area contributed by atoms with Gasteiger partial charge in [0.2, 0.25) is 5.91 Å².